The molecule has 0 saturated carbocycles. The fraction of sp³-hybridized carbons (Fsp3) is 0.706. The van der Waals surface area contributed by atoms with Crippen molar-refractivity contribution in [3.8, 4) is 0 Å². The summed E-state index contributed by atoms with van der Waals surface area (Å²) in [4.78, 5) is 28.1. The van der Waals surface area contributed by atoms with Gasteiger partial charge in [0.15, 0.2) is 0 Å². The Kier molecular flexibility index (Phi) is 4.93. The lowest BCUT2D eigenvalue weighted by Gasteiger charge is -2.49. The van der Waals surface area contributed by atoms with Gasteiger partial charge in [0.2, 0.25) is 5.91 Å². The van der Waals surface area contributed by atoms with E-state index in [9.17, 15) is 4.79 Å². The monoisotopic (exact) mass is 345 g/mol. The van der Waals surface area contributed by atoms with Crippen LogP contribution in [0.15, 0.2) is 18.5 Å². The normalized spacial score (nSPS) is 32.2. The van der Waals surface area contributed by atoms with Crippen molar-refractivity contribution in [1.29, 1.82) is 0 Å². The predicted octanol–water partition coefficient (Wildman–Crippen LogP) is -0.735. The molecule has 8 heteroatoms. The second kappa shape index (κ2) is 7.33. The lowest BCUT2D eigenvalue weighted by molar-refractivity contribution is -0.139. The van der Waals surface area contributed by atoms with Gasteiger partial charge in [0.1, 0.15) is 12.1 Å². The molecule has 2 N–H and O–H groups in total. The molecule has 3 fully saturated rings. The lowest BCUT2D eigenvalue weighted by atomic mass is 9.92. The Morgan fingerprint density at radius 3 is 2.68 bits per heavy atom. The first-order valence-corrected chi connectivity index (χ1v) is 9.20. The molecule has 0 bridgehead atoms. The summed E-state index contributed by atoms with van der Waals surface area (Å²) in [5.41, 5.74) is 0. The molecule has 1 aromatic rings. The maximum atomic E-state index is 12.5. The number of nitrogens with one attached hydrogen (secondary N) is 2. The van der Waals surface area contributed by atoms with Crippen LogP contribution >= 0.6 is 0 Å². The fourth-order valence-electron chi connectivity index (χ4n) is 4.12. The van der Waals surface area contributed by atoms with Gasteiger partial charge in [-0.2, -0.15) is 0 Å². The van der Waals surface area contributed by atoms with Crippen molar-refractivity contribution in [2.75, 3.05) is 39.8 Å². The Morgan fingerprint density at radius 2 is 1.92 bits per heavy atom. The van der Waals surface area contributed by atoms with Crippen LogP contribution in [0.3, 0.4) is 0 Å². The second-order valence-corrected chi connectivity index (χ2v) is 7.23. The van der Waals surface area contributed by atoms with E-state index in [0.717, 1.165) is 57.9 Å². The van der Waals surface area contributed by atoms with Crippen LogP contribution < -0.4 is 10.6 Å². The van der Waals surface area contributed by atoms with Gasteiger partial charge in [-0.3, -0.25) is 24.8 Å². The number of fused-ring (bicyclic) bond motifs is 1. The number of nitrogens with zero attached hydrogens (tertiary/aromatic N) is 5. The van der Waals surface area contributed by atoms with Crippen LogP contribution in [0.4, 0.5) is 0 Å². The van der Waals surface area contributed by atoms with E-state index in [2.05, 4.69) is 42.3 Å². The molecule has 0 radical (unpaired) electrons. The standard InChI is InChI=1S/C17H27N7O/c1-22-7-2-4-13-15(22)20-17(21-16(13)25)24-10-8-23(9-11-24)12-14-18-5-3-6-19-14/h3,5-6,13,15,17,20H,2,4,7-12H2,1H3,(H,21,25). The SMILES string of the molecule is CN1CCCC2C(=O)NC(N3CCN(Cc4ncccn4)CC3)NC21. The topological polar surface area (TPSA) is 76.6 Å². The minimum Gasteiger partial charge on any atom is -0.328 e. The first-order chi connectivity index (χ1) is 12.2. The quantitative estimate of drug-likeness (QED) is 0.748. The molecule has 1 amide bonds. The predicted molar refractivity (Wildman–Crippen MR) is 93.1 cm³/mol. The Bertz CT molecular complexity index is 590. The van der Waals surface area contributed by atoms with E-state index in [1.165, 1.54) is 0 Å². The van der Waals surface area contributed by atoms with Crippen molar-refractivity contribution < 1.29 is 4.79 Å². The van der Waals surface area contributed by atoms with Gasteiger partial charge >= 0.3 is 0 Å². The van der Waals surface area contributed by atoms with E-state index in [1.807, 2.05) is 6.07 Å². The zero-order chi connectivity index (χ0) is 17.2. The second-order valence-electron chi connectivity index (χ2n) is 7.23. The molecular weight excluding hydrogens is 318 g/mol. The molecule has 3 saturated heterocycles. The minimum atomic E-state index is -0.0653. The summed E-state index contributed by atoms with van der Waals surface area (Å²) < 4.78 is 0. The van der Waals surface area contributed by atoms with Crippen molar-refractivity contribution in [3.63, 3.8) is 0 Å². The van der Waals surface area contributed by atoms with E-state index < -0.39 is 0 Å². The highest BCUT2D eigenvalue weighted by Crippen LogP contribution is 2.24. The highest BCUT2D eigenvalue weighted by atomic mass is 16.2. The van der Waals surface area contributed by atoms with E-state index in [-0.39, 0.29) is 24.3 Å². The highest BCUT2D eigenvalue weighted by Gasteiger charge is 2.42. The van der Waals surface area contributed by atoms with E-state index >= 15 is 0 Å². The molecule has 0 spiro atoms. The van der Waals surface area contributed by atoms with Crippen molar-refractivity contribution >= 4 is 5.91 Å². The third-order valence-corrected chi connectivity index (χ3v) is 5.58. The Labute approximate surface area is 148 Å². The first kappa shape index (κ1) is 16.8. The summed E-state index contributed by atoms with van der Waals surface area (Å²) in [6.07, 6.45) is 5.74. The summed E-state index contributed by atoms with van der Waals surface area (Å²) in [7, 11) is 2.11. The molecule has 8 nitrogen and oxygen atoms in total. The summed E-state index contributed by atoms with van der Waals surface area (Å²) in [6, 6.07) is 1.84. The Morgan fingerprint density at radius 1 is 1.16 bits per heavy atom. The molecular formula is C17H27N7O. The summed E-state index contributed by atoms with van der Waals surface area (Å²) >= 11 is 0. The number of hydrogen-bond donors (Lipinski definition) is 2. The van der Waals surface area contributed by atoms with Gasteiger partial charge in [-0.15, -0.1) is 0 Å². The number of likely N-dealkylation sites (tertiary alicyclic amines) is 1. The number of hydrogen-bond acceptors (Lipinski definition) is 7. The zero-order valence-electron chi connectivity index (χ0n) is 14.8. The molecule has 3 aliphatic heterocycles. The maximum Gasteiger partial charge on any atom is 0.228 e. The molecule has 0 aromatic carbocycles. The highest BCUT2D eigenvalue weighted by molar-refractivity contribution is 5.80. The Hall–Kier alpha value is -1.61. The van der Waals surface area contributed by atoms with E-state index in [4.69, 9.17) is 0 Å². The summed E-state index contributed by atoms with van der Waals surface area (Å²) in [6.45, 7) is 5.59. The van der Waals surface area contributed by atoms with Gasteiger partial charge in [0.25, 0.3) is 0 Å². The van der Waals surface area contributed by atoms with Crippen LogP contribution in [0.2, 0.25) is 0 Å². The average Bonchev–Trinajstić information content (AvgIpc) is 2.64. The number of amides is 1. The lowest BCUT2D eigenvalue weighted by Crippen LogP contribution is -2.72. The zero-order valence-corrected chi connectivity index (χ0v) is 14.8. The summed E-state index contributed by atoms with van der Waals surface area (Å²) in [5.74, 6) is 1.14. The minimum absolute atomic E-state index is 0.0653. The molecule has 25 heavy (non-hydrogen) atoms. The van der Waals surface area contributed by atoms with Gasteiger partial charge in [-0.05, 0) is 32.5 Å². The molecule has 4 heterocycles. The first-order valence-electron chi connectivity index (χ1n) is 9.20. The summed E-state index contributed by atoms with van der Waals surface area (Å²) in [5, 5.41) is 6.82. The number of carbonyl (C=O) groups excluding carboxylic acids is 1. The molecule has 3 aliphatic rings. The molecule has 4 rings (SSSR count). The van der Waals surface area contributed by atoms with Crippen LogP contribution in [0, 0.1) is 5.92 Å². The van der Waals surface area contributed by atoms with Gasteiger partial charge < -0.3 is 5.32 Å². The number of rotatable bonds is 3. The maximum absolute atomic E-state index is 12.5. The number of piperazine rings is 1. The van der Waals surface area contributed by atoms with E-state index in [1.54, 1.807) is 12.4 Å². The third kappa shape index (κ3) is 3.67. The van der Waals surface area contributed by atoms with Crippen LogP contribution in [0.1, 0.15) is 18.7 Å². The third-order valence-electron chi connectivity index (χ3n) is 5.58. The van der Waals surface area contributed by atoms with Crippen LogP contribution in [0.25, 0.3) is 0 Å². The molecule has 136 valence electrons. The van der Waals surface area contributed by atoms with Crippen LogP contribution in [-0.2, 0) is 11.3 Å². The fourth-order valence-corrected chi connectivity index (χ4v) is 4.12. The van der Waals surface area contributed by atoms with Gasteiger partial charge in [0, 0.05) is 38.6 Å². The van der Waals surface area contributed by atoms with Crippen molar-refractivity contribution in [2.45, 2.75) is 31.8 Å². The van der Waals surface area contributed by atoms with Crippen LogP contribution in [0.5, 0.6) is 0 Å². The van der Waals surface area contributed by atoms with Crippen LogP contribution in [-0.4, -0.2) is 82.8 Å². The van der Waals surface area contributed by atoms with Gasteiger partial charge in [-0.25, -0.2) is 9.97 Å². The molecule has 1 aromatic heterocycles. The van der Waals surface area contributed by atoms with Crippen molar-refractivity contribution in [1.82, 2.24) is 35.3 Å². The van der Waals surface area contributed by atoms with Crippen molar-refractivity contribution in [2.24, 2.45) is 5.92 Å². The van der Waals surface area contributed by atoms with Crippen molar-refractivity contribution in [3.05, 3.63) is 24.3 Å². The number of carbonyl (C=O) groups is 1. The number of aromatic nitrogens is 2. The largest absolute Gasteiger partial charge is 0.328 e. The smallest absolute Gasteiger partial charge is 0.228 e. The van der Waals surface area contributed by atoms with Gasteiger partial charge in [-0.1, -0.05) is 0 Å². The average molecular weight is 345 g/mol. The molecule has 3 atom stereocenters. The Balaban J connectivity index is 1.32. The molecule has 0 aliphatic carbocycles. The van der Waals surface area contributed by atoms with Gasteiger partial charge in [0.05, 0.1) is 18.6 Å². The number of piperidine rings is 1. The molecule has 3 unspecified atom stereocenters. The van der Waals surface area contributed by atoms with E-state index in [0.29, 0.717) is 0 Å².